The standard InChI is InChI=1S/C16H12INO3/c1-2-21-16(20)11-4-6-14(19)12-8-9-7-10(17)3-5-13(9)18-15(11)12/h3-8,18H,2H2,1H3. The molecule has 0 saturated carbocycles. The van der Waals surface area contributed by atoms with Gasteiger partial charge in [0.15, 0.2) is 5.43 Å². The van der Waals surface area contributed by atoms with Crippen molar-refractivity contribution in [1.29, 1.82) is 0 Å². The van der Waals surface area contributed by atoms with E-state index >= 15 is 0 Å². The van der Waals surface area contributed by atoms with Crippen molar-refractivity contribution in [2.24, 2.45) is 0 Å². The summed E-state index contributed by atoms with van der Waals surface area (Å²) in [6, 6.07) is 10.6. The van der Waals surface area contributed by atoms with E-state index in [1.807, 2.05) is 24.3 Å². The van der Waals surface area contributed by atoms with Crippen LogP contribution in [0.3, 0.4) is 0 Å². The molecule has 0 bridgehead atoms. The number of halogens is 1. The lowest BCUT2D eigenvalue weighted by Gasteiger charge is -2.12. The van der Waals surface area contributed by atoms with Gasteiger partial charge in [0.2, 0.25) is 0 Å². The fourth-order valence-corrected chi connectivity index (χ4v) is 2.83. The Balaban J connectivity index is 2.34. The van der Waals surface area contributed by atoms with E-state index in [4.69, 9.17) is 4.74 Å². The van der Waals surface area contributed by atoms with Crippen molar-refractivity contribution in [2.75, 3.05) is 6.61 Å². The van der Waals surface area contributed by atoms with Crippen LogP contribution in [0, 0.1) is 3.57 Å². The van der Waals surface area contributed by atoms with Crippen molar-refractivity contribution < 1.29 is 9.53 Å². The summed E-state index contributed by atoms with van der Waals surface area (Å²) in [6.07, 6.45) is 0. The second-order valence-electron chi connectivity index (χ2n) is 4.62. The van der Waals surface area contributed by atoms with Gasteiger partial charge >= 0.3 is 5.97 Å². The molecule has 0 fully saturated rings. The number of aromatic nitrogens is 1. The minimum atomic E-state index is -0.427. The molecule has 106 valence electrons. The van der Waals surface area contributed by atoms with Crippen molar-refractivity contribution in [3.63, 3.8) is 0 Å². The summed E-state index contributed by atoms with van der Waals surface area (Å²) in [5.41, 5.74) is 2.16. The highest BCUT2D eigenvalue weighted by Gasteiger charge is 2.19. The van der Waals surface area contributed by atoms with Crippen LogP contribution >= 0.6 is 22.6 Å². The van der Waals surface area contributed by atoms with E-state index in [1.165, 1.54) is 12.1 Å². The zero-order chi connectivity index (χ0) is 15.0. The molecule has 0 amide bonds. The van der Waals surface area contributed by atoms with Gasteiger partial charge in [-0.2, -0.15) is 0 Å². The molecule has 3 rings (SSSR count). The number of rotatable bonds is 2. The number of pyridine rings is 1. The molecule has 0 saturated heterocycles. The minimum absolute atomic E-state index is 0.116. The number of benzene rings is 2. The van der Waals surface area contributed by atoms with Crippen LogP contribution in [0.15, 0.2) is 41.2 Å². The number of carbonyl (C=O) groups excluding carboxylic acids is 1. The van der Waals surface area contributed by atoms with Gasteiger partial charge < -0.3 is 9.72 Å². The molecular weight excluding hydrogens is 381 g/mol. The lowest BCUT2D eigenvalue weighted by Crippen LogP contribution is -2.14. The first kappa shape index (κ1) is 14.1. The highest BCUT2D eigenvalue weighted by atomic mass is 127. The van der Waals surface area contributed by atoms with Gasteiger partial charge in [-0.3, -0.25) is 4.79 Å². The van der Waals surface area contributed by atoms with E-state index in [0.717, 1.165) is 14.5 Å². The molecule has 21 heavy (non-hydrogen) atoms. The van der Waals surface area contributed by atoms with E-state index in [-0.39, 0.29) is 5.43 Å². The number of fused-ring (bicyclic) bond motifs is 2. The van der Waals surface area contributed by atoms with Crippen LogP contribution in [0.5, 0.6) is 0 Å². The van der Waals surface area contributed by atoms with Crippen molar-refractivity contribution in [1.82, 2.24) is 4.98 Å². The van der Waals surface area contributed by atoms with Crippen LogP contribution in [0.4, 0.5) is 0 Å². The average Bonchev–Trinajstić information content (AvgIpc) is 2.46. The average molecular weight is 393 g/mol. The van der Waals surface area contributed by atoms with Crippen molar-refractivity contribution in [3.05, 3.63) is 55.8 Å². The quantitative estimate of drug-likeness (QED) is 0.413. The first-order valence-corrected chi connectivity index (χ1v) is 7.60. The Morgan fingerprint density at radius 3 is 2.81 bits per heavy atom. The first-order chi connectivity index (χ1) is 10.1. The van der Waals surface area contributed by atoms with Crippen LogP contribution in [-0.4, -0.2) is 17.6 Å². The molecule has 4 nitrogen and oxygen atoms in total. The molecule has 0 unspecified atom stereocenters. The Morgan fingerprint density at radius 1 is 1.24 bits per heavy atom. The number of hydrogen-bond donors (Lipinski definition) is 1. The number of carbonyl (C=O) groups is 1. The molecule has 5 heteroatoms. The molecule has 1 aromatic carbocycles. The second-order valence-corrected chi connectivity index (χ2v) is 5.87. The fourth-order valence-electron chi connectivity index (χ4n) is 2.31. The lowest BCUT2D eigenvalue weighted by atomic mass is 10.0. The summed E-state index contributed by atoms with van der Waals surface area (Å²) < 4.78 is 6.13. The smallest absolute Gasteiger partial charge is 0.340 e. The van der Waals surface area contributed by atoms with Crippen molar-refractivity contribution in [3.8, 4) is 11.3 Å². The monoisotopic (exact) mass is 393 g/mol. The van der Waals surface area contributed by atoms with Gasteiger partial charge in [-0.05, 0) is 71.3 Å². The third-order valence-corrected chi connectivity index (χ3v) is 3.94. The molecule has 0 atom stereocenters. The summed E-state index contributed by atoms with van der Waals surface area (Å²) >= 11 is 2.22. The van der Waals surface area contributed by atoms with Gasteiger partial charge in [-0.1, -0.05) is 0 Å². The second kappa shape index (κ2) is 5.48. The highest BCUT2D eigenvalue weighted by molar-refractivity contribution is 14.1. The predicted octanol–water partition coefficient (Wildman–Crippen LogP) is 3.41. The Kier molecular flexibility index (Phi) is 3.67. The summed E-state index contributed by atoms with van der Waals surface area (Å²) in [6.45, 7) is 2.05. The van der Waals surface area contributed by atoms with Gasteiger partial charge in [0.1, 0.15) is 0 Å². The Morgan fingerprint density at radius 2 is 2.05 bits per heavy atom. The number of esters is 1. The molecule has 1 aromatic rings. The topological polar surface area (TPSA) is 59.2 Å². The predicted molar refractivity (Wildman–Crippen MR) is 89.9 cm³/mol. The Hall–Kier alpha value is -1.89. The first-order valence-electron chi connectivity index (χ1n) is 6.52. The Bertz CT molecular complexity index is 869. The molecule has 1 aliphatic carbocycles. The van der Waals surface area contributed by atoms with Gasteiger partial charge in [0, 0.05) is 14.7 Å². The third-order valence-electron chi connectivity index (χ3n) is 3.27. The van der Waals surface area contributed by atoms with Gasteiger partial charge in [0.25, 0.3) is 0 Å². The molecule has 1 heterocycles. The molecule has 1 N–H and O–H groups in total. The van der Waals surface area contributed by atoms with Crippen LogP contribution in [0.2, 0.25) is 0 Å². The van der Waals surface area contributed by atoms with E-state index in [9.17, 15) is 9.59 Å². The van der Waals surface area contributed by atoms with Crippen LogP contribution in [-0.2, 0) is 4.74 Å². The summed E-state index contributed by atoms with van der Waals surface area (Å²) in [5, 5.41) is 0.938. The largest absolute Gasteiger partial charge is 0.462 e. The fraction of sp³-hybridized carbons (Fsp3) is 0.125. The summed E-state index contributed by atoms with van der Waals surface area (Å²) in [7, 11) is 0. The van der Waals surface area contributed by atoms with E-state index < -0.39 is 5.97 Å². The van der Waals surface area contributed by atoms with Gasteiger partial charge in [-0.25, -0.2) is 4.79 Å². The van der Waals surface area contributed by atoms with Gasteiger partial charge in [0.05, 0.1) is 17.9 Å². The maximum atomic E-state index is 12.1. The SMILES string of the molecule is CCOC(=O)c1ccc(=O)c2cc3cc(I)ccc3[nH]c1-2. The normalized spacial score (nSPS) is 11.0. The molecule has 0 radical (unpaired) electrons. The number of nitrogens with one attached hydrogen (secondary N) is 1. The molecule has 0 aromatic heterocycles. The van der Waals surface area contributed by atoms with Crippen molar-refractivity contribution in [2.45, 2.75) is 6.92 Å². The number of ether oxygens (including phenoxy) is 1. The van der Waals surface area contributed by atoms with Gasteiger partial charge in [-0.15, -0.1) is 0 Å². The van der Waals surface area contributed by atoms with Crippen LogP contribution in [0.1, 0.15) is 17.3 Å². The Labute approximate surface area is 134 Å². The van der Waals surface area contributed by atoms with E-state index in [0.29, 0.717) is 23.4 Å². The zero-order valence-electron chi connectivity index (χ0n) is 11.3. The highest BCUT2D eigenvalue weighted by Crippen LogP contribution is 2.26. The van der Waals surface area contributed by atoms with E-state index in [1.54, 1.807) is 6.92 Å². The molecular formula is C16H12INO3. The molecule has 0 spiro atoms. The number of aromatic amines is 1. The van der Waals surface area contributed by atoms with Crippen LogP contribution in [0.25, 0.3) is 22.2 Å². The summed E-state index contributed by atoms with van der Waals surface area (Å²) in [5.74, 6) is -0.427. The maximum Gasteiger partial charge on any atom is 0.340 e. The number of H-pyrrole nitrogens is 1. The van der Waals surface area contributed by atoms with E-state index in [2.05, 4.69) is 27.6 Å². The number of hydrogen-bond acceptors (Lipinski definition) is 3. The molecule has 1 aliphatic heterocycles. The maximum absolute atomic E-state index is 12.1. The zero-order valence-corrected chi connectivity index (χ0v) is 13.4. The summed E-state index contributed by atoms with van der Waals surface area (Å²) in [4.78, 5) is 27.3. The molecule has 2 aliphatic rings. The lowest BCUT2D eigenvalue weighted by molar-refractivity contribution is 0.0527. The minimum Gasteiger partial charge on any atom is -0.462 e. The van der Waals surface area contributed by atoms with Crippen LogP contribution < -0.4 is 5.43 Å². The van der Waals surface area contributed by atoms with Crippen molar-refractivity contribution >= 4 is 39.5 Å². The third kappa shape index (κ3) is 2.53.